The molecule has 0 atom stereocenters. The number of nitrogens with zero attached hydrogens (tertiary/aromatic N) is 1. The van der Waals surface area contributed by atoms with Gasteiger partial charge in [0.05, 0.1) is 25.6 Å². The van der Waals surface area contributed by atoms with Gasteiger partial charge >= 0.3 is 0 Å². The van der Waals surface area contributed by atoms with Gasteiger partial charge in [-0.1, -0.05) is 6.08 Å². The first-order valence-electron chi connectivity index (χ1n) is 5.28. The third kappa shape index (κ3) is 4.72. The average molecular weight is 272 g/mol. The number of hydrogen-bond acceptors (Lipinski definition) is 4. The van der Waals surface area contributed by atoms with E-state index in [0.29, 0.717) is 12.3 Å². The van der Waals surface area contributed by atoms with Crippen molar-refractivity contribution in [3.63, 3.8) is 0 Å². The lowest BCUT2D eigenvalue weighted by atomic mass is 10.4. The minimum absolute atomic E-state index is 0.0351. The summed E-state index contributed by atoms with van der Waals surface area (Å²) in [5, 5.41) is 2.52. The maximum absolute atomic E-state index is 11.6. The molecular formula is C11H16N2O4S. The van der Waals surface area contributed by atoms with E-state index in [1.54, 1.807) is 12.1 Å². The Balaban J connectivity index is 2.68. The summed E-state index contributed by atoms with van der Waals surface area (Å²) in [7, 11) is -3.47. The lowest BCUT2D eigenvalue weighted by molar-refractivity contribution is -0.121. The molecule has 1 aromatic rings. The third-order valence-corrected chi connectivity index (χ3v) is 3.34. The number of carbonyl (C=O) groups excluding carboxylic acids is 1. The van der Waals surface area contributed by atoms with Crippen molar-refractivity contribution < 1.29 is 17.6 Å². The monoisotopic (exact) mass is 272 g/mol. The van der Waals surface area contributed by atoms with Crippen molar-refractivity contribution in [1.82, 2.24) is 9.62 Å². The Bertz CT molecular complexity index is 493. The Labute approximate surface area is 106 Å². The number of carbonyl (C=O) groups is 1. The summed E-state index contributed by atoms with van der Waals surface area (Å²) in [6.45, 7) is 3.55. The van der Waals surface area contributed by atoms with Gasteiger partial charge in [-0.05, 0) is 12.1 Å². The zero-order valence-corrected chi connectivity index (χ0v) is 10.9. The molecule has 0 unspecified atom stereocenters. The molecule has 1 heterocycles. The van der Waals surface area contributed by atoms with E-state index in [9.17, 15) is 13.2 Å². The van der Waals surface area contributed by atoms with Crippen LogP contribution in [-0.2, 0) is 21.4 Å². The number of sulfonamides is 1. The van der Waals surface area contributed by atoms with E-state index in [1.165, 1.54) is 12.3 Å². The molecule has 1 aromatic heterocycles. The smallest absolute Gasteiger partial charge is 0.235 e. The lowest BCUT2D eigenvalue weighted by Gasteiger charge is -2.17. The number of amides is 1. The first-order chi connectivity index (χ1) is 8.43. The van der Waals surface area contributed by atoms with Crippen LogP contribution in [0.15, 0.2) is 35.5 Å². The van der Waals surface area contributed by atoms with E-state index >= 15 is 0 Å². The summed E-state index contributed by atoms with van der Waals surface area (Å²) in [5.74, 6) is 0.101. The summed E-state index contributed by atoms with van der Waals surface area (Å²) in [4.78, 5) is 11.5. The molecule has 1 rings (SSSR count). The second kappa shape index (κ2) is 6.36. The molecule has 0 saturated heterocycles. The van der Waals surface area contributed by atoms with E-state index < -0.39 is 10.0 Å². The summed E-state index contributed by atoms with van der Waals surface area (Å²) in [6.07, 6.45) is 4.03. The topological polar surface area (TPSA) is 79.6 Å². The third-order valence-electron chi connectivity index (χ3n) is 2.14. The molecule has 0 aliphatic carbocycles. The van der Waals surface area contributed by atoms with Crippen LogP contribution in [0.2, 0.25) is 0 Å². The van der Waals surface area contributed by atoms with Gasteiger partial charge in [0.1, 0.15) is 5.76 Å². The highest BCUT2D eigenvalue weighted by molar-refractivity contribution is 7.88. The Morgan fingerprint density at radius 2 is 2.33 bits per heavy atom. The summed E-state index contributed by atoms with van der Waals surface area (Å²) in [6, 6.07) is 3.31. The van der Waals surface area contributed by atoms with Crippen molar-refractivity contribution >= 4 is 15.9 Å². The van der Waals surface area contributed by atoms with E-state index in [-0.39, 0.29) is 19.0 Å². The molecular weight excluding hydrogens is 256 g/mol. The van der Waals surface area contributed by atoms with Crippen LogP contribution >= 0.6 is 0 Å². The Morgan fingerprint density at radius 1 is 1.61 bits per heavy atom. The van der Waals surface area contributed by atoms with E-state index in [2.05, 4.69) is 11.9 Å². The largest absolute Gasteiger partial charge is 0.468 e. The molecule has 0 saturated carbocycles. The van der Waals surface area contributed by atoms with Gasteiger partial charge in [0.25, 0.3) is 0 Å². The molecule has 0 bridgehead atoms. The van der Waals surface area contributed by atoms with Crippen LogP contribution in [0.25, 0.3) is 0 Å². The minimum atomic E-state index is -3.47. The maximum atomic E-state index is 11.6. The van der Waals surface area contributed by atoms with Crippen LogP contribution < -0.4 is 5.32 Å². The SMILES string of the molecule is C=CCNC(=O)CN(Cc1ccco1)S(C)(=O)=O. The quantitative estimate of drug-likeness (QED) is 0.726. The molecule has 0 fully saturated rings. The molecule has 0 spiro atoms. The fourth-order valence-electron chi connectivity index (χ4n) is 1.27. The molecule has 100 valence electrons. The van der Waals surface area contributed by atoms with Gasteiger partial charge in [-0.2, -0.15) is 4.31 Å². The van der Waals surface area contributed by atoms with Crippen LogP contribution in [0.3, 0.4) is 0 Å². The zero-order chi connectivity index (χ0) is 13.6. The van der Waals surface area contributed by atoms with Crippen molar-refractivity contribution in [3.8, 4) is 0 Å². The molecule has 0 aromatic carbocycles. The van der Waals surface area contributed by atoms with Gasteiger partial charge in [-0.25, -0.2) is 8.42 Å². The molecule has 18 heavy (non-hydrogen) atoms. The summed E-state index contributed by atoms with van der Waals surface area (Å²) in [5.41, 5.74) is 0. The maximum Gasteiger partial charge on any atom is 0.235 e. The van der Waals surface area contributed by atoms with E-state index in [4.69, 9.17) is 4.42 Å². The van der Waals surface area contributed by atoms with Crippen molar-refractivity contribution in [1.29, 1.82) is 0 Å². The highest BCUT2D eigenvalue weighted by Crippen LogP contribution is 2.08. The minimum Gasteiger partial charge on any atom is -0.468 e. The van der Waals surface area contributed by atoms with Crippen LogP contribution in [0, 0.1) is 0 Å². The Morgan fingerprint density at radius 3 is 2.83 bits per heavy atom. The Kier molecular flexibility index (Phi) is 5.11. The van der Waals surface area contributed by atoms with Gasteiger partial charge in [0.2, 0.25) is 15.9 Å². The van der Waals surface area contributed by atoms with E-state index in [0.717, 1.165) is 10.6 Å². The van der Waals surface area contributed by atoms with Gasteiger partial charge in [-0.3, -0.25) is 4.79 Å². The van der Waals surface area contributed by atoms with Gasteiger partial charge in [-0.15, -0.1) is 6.58 Å². The number of rotatable bonds is 7. The first kappa shape index (κ1) is 14.5. The summed E-state index contributed by atoms with van der Waals surface area (Å²) >= 11 is 0. The fourth-order valence-corrected chi connectivity index (χ4v) is 1.98. The standard InChI is InChI=1S/C11H16N2O4S/c1-3-6-12-11(14)9-13(18(2,15)16)8-10-5-4-7-17-10/h3-5,7H,1,6,8-9H2,2H3,(H,12,14). The first-order valence-corrected chi connectivity index (χ1v) is 7.13. The number of hydrogen-bond donors (Lipinski definition) is 1. The molecule has 6 nitrogen and oxygen atoms in total. The average Bonchev–Trinajstić information content (AvgIpc) is 2.77. The second-order valence-electron chi connectivity index (χ2n) is 3.70. The molecule has 7 heteroatoms. The lowest BCUT2D eigenvalue weighted by Crippen LogP contribution is -2.39. The number of nitrogens with one attached hydrogen (secondary N) is 1. The molecule has 1 N–H and O–H groups in total. The highest BCUT2D eigenvalue weighted by atomic mass is 32.2. The van der Waals surface area contributed by atoms with Crippen molar-refractivity contribution in [2.45, 2.75) is 6.54 Å². The highest BCUT2D eigenvalue weighted by Gasteiger charge is 2.21. The molecule has 0 radical (unpaired) electrons. The number of furan rings is 1. The summed E-state index contributed by atoms with van der Waals surface area (Å²) < 4.78 is 29.2. The predicted molar refractivity (Wildman–Crippen MR) is 67.2 cm³/mol. The van der Waals surface area contributed by atoms with E-state index in [1.807, 2.05) is 0 Å². The van der Waals surface area contributed by atoms with Crippen LogP contribution in [0.5, 0.6) is 0 Å². The zero-order valence-electron chi connectivity index (χ0n) is 10.1. The van der Waals surface area contributed by atoms with Gasteiger partial charge < -0.3 is 9.73 Å². The Hall–Kier alpha value is -1.60. The van der Waals surface area contributed by atoms with Crippen molar-refractivity contribution in [2.24, 2.45) is 0 Å². The molecule has 0 aliphatic rings. The second-order valence-corrected chi connectivity index (χ2v) is 5.69. The van der Waals surface area contributed by atoms with Crippen molar-refractivity contribution in [3.05, 3.63) is 36.8 Å². The van der Waals surface area contributed by atoms with Gasteiger partial charge in [0.15, 0.2) is 0 Å². The predicted octanol–water partition coefficient (Wildman–Crippen LogP) is 0.343. The fraction of sp³-hybridized carbons (Fsp3) is 0.364. The van der Waals surface area contributed by atoms with Crippen LogP contribution in [0.1, 0.15) is 5.76 Å². The normalized spacial score (nSPS) is 11.4. The van der Waals surface area contributed by atoms with Crippen molar-refractivity contribution in [2.75, 3.05) is 19.3 Å². The molecule has 1 amide bonds. The molecule has 0 aliphatic heterocycles. The van der Waals surface area contributed by atoms with Gasteiger partial charge in [0, 0.05) is 6.54 Å². The van der Waals surface area contributed by atoms with Crippen LogP contribution in [-0.4, -0.2) is 38.0 Å². The van der Waals surface area contributed by atoms with Crippen LogP contribution in [0.4, 0.5) is 0 Å².